The minimum absolute atomic E-state index is 0.0167. The third-order valence-electron chi connectivity index (χ3n) is 9.07. The Bertz CT molecular complexity index is 984. The molecule has 0 aliphatic heterocycles. The second kappa shape index (κ2) is 8.33. The zero-order valence-corrected chi connectivity index (χ0v) is 20.6. The molecule has 1 N–H and O–H groups in total. The van der Waals surface area contributed by atoms with Gasteiger partial charge in [0.2, 0.25) is 5.60 Å². The Balaban J connectivity index is 1.74. The molecule has 0 radical (unpaired) electrons. The zero-order chi connectivity index (χ0) is 25.1. The van der Waals surface area contributed by atoms with Crippen LogP contribution in [0, 0.1) is 28.6 Å². The van der Waals surface area contributed by atoms with Gasteiger partial charge in [0, 0.05) is 30.8 Å². The van der Waals surface area contributed by atoms with Gasteiger partial charge in [-0.25, -0.2) is 9.59 Å². The Kier molecular flexibility index (Phi) is 6.03. The van der Waals surface area contributed by atoms with Gasteiger partial charge >= 0.3 is 17.8 Å². The van der Waals surface area contributed by atoms with Gasteiger partial charge in [-0.2, -0.15) is 0 Å². The number of hydrogen-bond acceptors (Lipinski definition) is 7. The quantitative estimate of drug-likeness (QED) is 0.494. The van der Waals surface area contributed by atoms with E-state index in [2.05, 4.69) is 6.92 Å². The fourth-order valence-corrected chi connectivity index (χ4v) is 7.49. The molecule has 0 heterocycles. The number of ketones is 1. The molecule has 7 atom stereocenters. The molecule has 8 nitrogen and oxygen atoms in total. The van der Waals surface area contributed by atoms with Crippen LogP contribution in [0.25, 0.3) is 0 Å². The summed E-state index contributed by atoms with van der Waals surface area (Å²) in [5.74, 6) is -2.69. The largest absolute Gasteiger partial charge is 0.463 e. The van der Waals surface area contributed by atoms with E-state index in [4.69, 9.17) is 9.47 Å². The minimum atomic E-state index is -1.64. The van der Waals surface area contributed by atoms with Crippen molar-refractivity contribution in [2.75, 3.05) is 20.7 Å². The number of aliphatic hydroxyl groups excluding tert-OH is 1. The van der Waals surface area contributed by atoms with Crippen LogP contribution in [0.4, 0.5) is 0 Å². The van der Waals surface area contributed by atoms with E-state index in [9.17, 15) is 24.3 Å². The van der Waals surface area contributed by atoms with E-state index in [0.717, 1.165) is 23.3 Å². The molecule has 186 valence electrons. The van der Waals surface area contributed by atoms with E-state index in [-0.39, 0.29) is 43.0 Å². The predicted octanol–water partition coefficient (Wildman–Crippen LogP) is 2.20. The first kappa shape index (κ1) is 24.6. The average Bonchev–Trinajstić information content (AvgIpc) is 3.06. The number of nitrogens with zero attached hydrogens (tertiary/aromatic N) is 1. The predicted molar refractivity (Wildman–Crippen MR) is 122 cm³/mol. The maximum absolute atomic E-state index is 13.4. The van der Waals surface area contributed by atoms with Crippen molar-refractivity contribution in [2.24, 2.45) is 28.6 Å². The Hall–Kier alpha value is -2.48. The lowest BCUT2D eigenvalue weighted by Gasteiger charge is -2.59. The molecule has 4 aliphatic carbocycles. The minimum Gasteiger partial charge on any atom is -0.463 e. The molecule has 0 aromatic rings. The van der Waals surface area contributed by atoms with Crippen molar-refractivity contribution in [2.45, 2.75) is 64.6 Å². The molecule has 0 bridgehead atoms. The van der Waals surface area contributed by atoms with Gasteiger partial charge in [0.05, 0.1) is 12.7 Å². The second-order valence-corrected chi connectivity index (χ2v) is 10.9. The lowest BCUT2D eigenvalue weighted by molar-refractivity contribution is -0.213. The standard InChI is InChI=1S/C26H35NO7/c1-6-33-23(32)26(34-22(31)21(30)27(4)5)12-10-18-17-8-7-15-13-16(28)9-11-24(15,2)20(17)19(29)14-25(18,26)3/h9,11,13,17-20,29H,6-8,10,12,14H2,1-5H3/t17-,18-,19-,20+,24-,25-,26-/m0/s1. The van der Waals surface area contributed by atoms with Gasteiger partial charge in [0.15, 0.2) is 5.78 Å². The zero-order valence-electron chi connectivity index (χ0n) is 20.6. The van der Waals surface area contributed by atoms with Crippen molar-refractivity contribution in [1.82, 2.24) is 4.90 Å². The third-order valence-corrected chi connectivity index (χ3v) is 9.07. The van der Waals surface area contributed by atoms with Crippen molar-refractivity contribution < 1.29 is 33.8 Å². The van der Waals surface area contributed by atoms with Gasteiger partial charge in [0.25, 0.3) is 0 Å². The monoisotopic (exact) mass is 473 g/mol. The number of rotatable bonds is 3. The number of likely N-dealkylation sites (N-methyl/N-ethyl adjacent to an activating group) is 1. The molecule has 0 spiro atoms. The van der Waals surface area contributed by atoms with Crippen molar-refractivity contribution in [3.63, 3.8) is 0 Å². The number of amides is 1. The Morgan fingerprint density at radius 3 is 2.56 bits per heavy atom. The number of carbonyl (C=O) groups is 4. The third kappa shape index (κ3) is 3.36. The molecule has 1 amide bonds. The van der Waals surface area contributed by atoms with Crippen LogP contribution in [0.15, 0.2) is 23.8 Å². The van der Waals surface area contributed by atoms with Crippen molar-refractivity contribution in [1.29, 1.82) is 0 Å². The highest BCUT2D eigenvalue weighted by Gasteiger charge is 2.71. The first-order valence-corrected chi connectivity index (χ1v) is 12.2. The summed E-state index contributed by atoms with van der Waals surface area (Å²) in [6.07, 6.45) is 7.01. The molecule has 4 rings (SSSR count). The number of aliphatic hydroxyl groups is 1. The normalized spacial score (nSPS) is 40.4. The number of ether oxygens (including phenoxy) is 2. The molecular weight excluding hydrogens is 438 g/mol. The molecule has 3 saturated carbocycles. The summed E-state index contributed by atoms with van der Waals surface area (Å²) in [6.45, 7) is 5.77. The molecule has 34 heavy (non-hydrogen) atoms. The van der Waals surface area contributed by atoms with Crippen LogP contribution < -0.4 is 0 Å². The summed E-state index contributed by atoms with van der Waals surface area (Å²) < 4.78 is 11.2. The second-order valence-electron chi connectivity index (χ2n) is 10.9. The van der Waals surface area contributed by atoms with E-state index in [1.165, 1.54) is 14.1 Å². The molecule has 4 aliphatic rings. The van der Waals surface area contributed by atoms with Gasteiger partial charge in [-0.05, 0) is 63.0 Å². The van der Waals surface area contributed by atoms with Crippen LogP contribution in [0.2, 0.25) is 0 Å². The smallest absolute Gasteiger partial charge is 0.398 e. The maximum Gasteiger partial charge on any atom is 0.398 e. The van der Waals surface area contributed by atoms with E-state index >= 15 is 0 Å². The van der Waals surface area contributed by atoms with E-state index in [1.807, 2.05) is 13.0 Å². The van der Waals surface area contributed by atoms with Gasteiger partial charge in [0.1, 0.15) is 0 Å². The topological polar surface area (TPSA) is 110 Å². The van der Waals surface area contributed by atoms with Crippen LogP contribution in [0.5, 0.6) is 0 Å². The first-order chi connectivity index (χ1) is 15.9. The molecule has 0 saturated heterocycles. The fourth-order valence-electron chi connectivity index (χ4n) is 7.49. The first-order valence-electron chi connectivity index (χ1n) is 12.2. The van der Waals surface area contributed by atoms with E-state index in [1.54, 1.807) is 19.1 Å². The lowest BCUT2D eigenvalue weighted by atomic mass is 9.46. The lowest BCUT2D eigenvalue weighted by Crippen LogP contribution is -2.63. The van der Waals surface area contributed by atoms with Gasteiger partial charge in [-0.15, -0.1) is 0 Å². The Morgan fingerprint density at radius 2 is 1.91 bits per heavy atom. The van der Waals surface area contributed by atoms with Crippen LogP contribution in [-0.4, -0.2) is 66.0 Å². The molecule has 8 heteroatoms. The van der Waals surface area contributed by atoms with Crippen LogP contribution in [0.3, 0.4) is 0 Å². The summed E-state index contributed by atoms with van der Waals surface area (Å²) in [5, 5.41) is 11.5. The highest BCUT2D eigenvalue weighted by Crippen LogP contribution is 2.67. The molecule has 3 fully saturated rings. The number of carbonyl (C=O) groups excluding carboxylic acids is 4. The van der Waals surface area contributed by atoms with Gasteiger partial charge in [-0.1, -0.05) is 25.5 Å². The van der Waals surface area contributed by atoms with Crippen LogP contribution in [-0.2, 0) is 28.7 Å². The molecule has 0 aromatic heterocycles. The number of esters is 2. The van der Waals surface area contributed by atoms with Gasteiger partial charge in [-0.3, -0.25) is 9.59 Å². The molecule has 0 unspecified atom stereocenters. The van der Waals surface area contributed by atoms with Crippen LogP contribution in [0.1, 0.15) is 52.9 Å². The number of fused-ring (bicyclic) bond motifs is 5. The summed E-state index contributed by atoms with van der Waals surface area (Å²) in [6, 6.07) is 0. The number of hydrogen-bond donors (Lipinski definition) is 1. The average molecular weight is 474 g/mol. The SMILES string of the molecule is CCOC(=O)[C@@]1(OC(=O)C(=O)N(C)C)CC[C@H]2[C@@H]3CCC4=CC(=O)C=C[C@]4(C)[C@H]3[C@@H](O)C[C@@]21C. The highest BCUT2D eigenvalue weighted by molar-refractivity contribution is 6.32. The molecular formula is C26H35NO7. The van der Waals surface area contributed by atoms with E-state index < -0.39 is 40.4 Å². The summed E-state index contributed by atoms with van der Waals surface area (Å²) in [7, 11) is 2.90. The summed E-state index contributed by atoms with van der Waals surface area (Å²) >= 11 is 0. The van der Waals surface area contributed by atoms with Gasteiger partial charge < -0.3 is 19.5 Å². The summed E-state index contributed by atoms with van der Waals surface area (Å²) in [4.78, 5) is 51.6. The van der Waals surface area contributed by atoms with E-state index in [0.29, 0.717) is 6.42 Å². The van der Waals surface area contributed by atoms with Crippen molar-refractivity contribution in [3.05, 3.63) is 23.8 Å². The Morgan fingerprint density at radius 1 is 1.21 bits per heavy atom. The highest BCUT2D eigenvalue weighted by atomic mass is 16.6. The fraction of sp³-hybridized carbons (Fsp3) is 0.692. The number of allylic oxidation sites excluding steroid dienone is 4. The Labute approximate surface area is 200 Å². The molecule has 0 aromatic carbocycles. The van der Waals surface area contributed by atoms with Crippen molar-refractivity contribution >= 4 is 23.6 Å². The summed E-state index contributed by atoms with van der Waals surface area (Å²) in [5.41, 5.74) is -1.93. The van der Waals surface area contributed by atoms with Crippen molar-refractivity contribution in [3.8, 4) is 0 Å². The maximum atomic E-state index is 13.4. The van der Waals surface area contributed by atoms with Crippen LogP contribution >= 0.6 is 0 Å².